The molecule has 2 aliphatic heterocycles. The summed E-state index contributed by atoms with van der Waals surface area (Å²) in [4.78, 5) is 4.98. The monoisotopic (exact) mass is 1620 g/mol. The molecule has 3 heterocycles. The van der Waals surface area contributed by atoms with Crippen molar-refractivity contribution in [3.8, 4) is 72.4 Å². The Morgan fingerprint density at radius 3 is 1.03 bits per heavy atom. The van der Waals surface area contributed by atoms with Gasteiger partial charge in [-0.1, -0.05) is 396 Å². The van der Waals surface area contributed by atoms with E-state index in [0.717, 1.165) is 145 Å². The molecule has 0 spiro atoms. The van der Waals surface area contributed by atoms with Crippen molar-refractivity contribution in [3.05, 3.63) is 310 Å². The summed E-state index contributed by atoms with van der Waals surface area (Å²) in [5.41, 5.74) is 24.7. The Morgan fingerprint density at radius 2 is 0.582 bits per heavy atom. The van der Waals surface area contributed by atoms with E-state index < -0.39 is 94.8 Å². The second kappa shape index (κ2) is 29.5. The van der Waals surface area contributed by atoms with Crippen LogP contribution in [0.25, 0.3) is 94.3 Å². The molecule has 13 aromatic carbocycles. The van der Waals surface area contributed by atoms with Crippen molar-refractivity contribution in [3.63, 3.8) is 0 Å². The summed E-state index contributed by atoms with van der Waals surface area (Å²) in [5.74, 6) is 0. The van der Waals surface area contributed by atoms with Gasteiger partial charge in [0.25, 0.3) is 6.71 Å². The number of hydrogen-bond donors (Lipinski definition) is 0. The first-order valence-electron chi connectivity index (χ1n) is 50.4. The van der Waals surface area contributed by atoms with Gasteiger partial charge in [0.1, 0.15) is 0 Å². The SMILES string of the molecule is [2H]c1c([2H])c([2H])c(-c2ccc3c(c2)N(c2c(-c4ccc(C(C)(C)C)cc4)cc(C(C)(C)C)cc2-c2ccc(C(C)(C)C)cc2C(C)(C)C)c2cc(-c4cc(C(C)(C)C)cc(C(C)(C)C)c4)cc4c2B3c2ccc(-n3c5c([2H])c([2H])c([2H])c([2H])c5c5c([2H])c([2H])c([2H])c([2H])c53)cc2N4c2c(-c3ccc(C(C)(C)C)cc3)cc(C(C)(C)C)cc2-c2cc(C(C)(C)C)ccc2C(C)(C)C)c([2H])c1[2H]. The van der Waals surface area contributed by atoms with Gasteiger partial charge in [-0.2, -0.15) is 0 Å². The standard InChI is InChI=1S/C118H132BN3/c1-109(2,3)79-49-44-74(45-50-79)91-67-85(115(19,20)21)69-94(88-56-53-82(112(10,11)12)71-97(88)118(28,29)30)107(91)121-102-62-76(73-38-32-31-33-39-73)48-58-98(102)119-99-59-55-87(120-100-42-36-34-40-89(100)90-41-35-37-43-101(90)120)72-103(99)122(105-64-78(63-104(121)106(105)119)77-60-83(113(13,14)15)65-84(61-77)114(16,17)18)108-92(75-46-51-80(52-47-75)110(4,5)6)68-86(116(22,23)24)70-95(108)93-66-81(111(7,8)9)54-57-96(93)117(25,26)27/h31-72H,1-30H3/i31D,32D,33D,34D,35D,36D,37D,38D,39D,40D,41D,42D,43D. The average Bonchev–Trinajstić information content (AvgIpc) is 1.59. The highest BCUT2D eigenvalue weighted by molar-refractivity contribution is 7.00. The molecule has 2 aliphatic rings. The maximum Gasteiger partial charge on any atom is 0.252 e. The molecule has 0 aliphatic carbocycles. The molecule has 0 saturated carbocycles. The molecule has 622 valence electrons. The van der Waals surface area contributed by atoms with E-state index in [-0.39, 0.29) is 71.9 Å². The Balaban J connectivity index is 1.24. The minimum Gasteiger partial charge on any atom is -0.310 e. The van der Waals surface area contributed by atoms with E-state index in [1.54, 1.807) is 4.57 Å². The summed E-state index contributed by atoms with van der Waals surface area (Å²) in [6.45, 7) is 67.4. The van der Waals surface area contributed by atoms with E-state index in [2.05, 4.69) is 381 Å². The molecule has 3 nitrogen and oxygen atoms in total. The number of para-hydroxylation sites is 2. The van der Waals surface area contributed by atoms with Crippen LogP contribution in [0.1, 0.15) is 281 Å². The zero-order chi connectivity index (χ0) is 99.1. The van der Waals surface area contributed by atoms with Gasteiger partial charge in [-0.25, -0.2) is 0 Å². The van der Waals surface area contributed by atoms with Gasteiger partial charge in [-0.15, -0.1) is 0 Å². The molecular weight excluding hydrogens is 1470 g/mol. The number of nitrogens with zero attached hydrogens (tertiary/aromatic N) is 3. The summed E-state index contributed by atoms with van der Waals surface area (Å²) in [7, 11) is 0. The quantitative estimate of drug-likeness (QED) is 0.133. The Kier molecular flexibility index (Phi) is 16.9. The lowest BCUT2D eigenvalue weighted by molar-refractivity contribution is 0.568. The summed E-state index contributed by atoms with van der Waals surface area (Å²) in [5, 5.41) is -0.0941. The molecule has 0 atom stereocenters. The minimum absolute atomic E-state index is 0.0223. The van der Waals surface area contributed by atoms with Crippen molar-refractivity contribution in [2.24, 2.45) is 0 Å². The van der Waals surface area contributed by atoms with E-state index in [1.807, 2.05) is 12.1 Å². The molecule has 16 rings (SSSR count). The molecule has 122 heavy (non-hydrogen) atoms. The molecule has 0 fully saturated rings. The third-order valence-electron chi connectivity index (χ3n) is 25.6. The van der Waals surface area contributed by atoms with E-state index in [1.165, 1.54) is 5.56 Å². The van der Waals surface area contributed by atoms with Crippen LogP contribution >= 0.6 is 0 Å². The van der Waals surface area contributed by atoms with Crippen LogP contribution in [0, 0.1) is 0 Å². The van der Waals surface area contributed by atoms with Crippen molar-refractivity contribution >= 4 is 79.0 Å². The van der Waals surface area contributed by atoms with Gasteiger partial charge in [0.05, 0.1) is 40.2 Å². The number of benzene rings is 13. The van der Waals surface area contributed by atoms with Gasteiger partial charge < -0.3 is 14.4 Å². The second-order valence-corrected chi connectivity index (χ2v) is 45.1. The van der Waals surface area contributed by atoms with Crippen molar-refractivity contribution < 1.29 is 17.8 Å². The largest absolute Gasteiger partial charge is 0.310 e. The lowest BCUT2D eigenvalue weighted by Gasteiger charge is -2.46. The third kappa shape index (κ3) is 15.5. The first kappa shape index (κ1) is 69.8. The lowest BCUT2D eigenvalue weighted by Crippen LogP contribution is -2.61. The Labute approximate surface area is 751 Å². The third-order valence-corrected chi connectivity index (χ3v) is 25.6. The first-order valence-corrected chi connectivity index (χ1v) is 43.9. The van der Waals surface area contributed by atoms with Crippen LogP contribution in [-0.2, 0) is 54.1 Å². The number of rotatable bonds is 9. The minimum atomic E-state index is -0.771. The maximum absolute atomic E-state index is 10.2. The van der Waals surface area contributed by atoms with Gasteiger partial charge in [-0.05, 0) is 237 Å². The molecule has 1 aromatic heterocycles. The van der Waals surface area contributed by atoms with Crippen LogP contribution in [0.15, 0.2) is 254 Å². The number of anilines is 6. The van der Waals surface area contributed by atoms with Crippen molar-refractivity contribution in [2.75, 3.05) is 9.80 Å². The number of fused-ring (bicyclic) bond motifs is 7. The van der Waals surface area contributed by atoms with Gasteiger partial charge in [0, 0.05) is 61.5 Å². The van der Waals surface area contributed by atoms with Crippen molar-refractivity contribution in [2.45, 2.75) is 262 Å². The topological polar surface area (TPSA) is 11.4 Å². The van der Waals surface area contributed by atoms with Crippen LogP contribution < -0.4 is 26.2 Å². The maximum atomic E-state index is 10.2. The zero-order valence-corrected chi connectivity index (χ0v) is 78.2. The van der Waals surface area contributed by atoms with Gasteiger partial charge in [0.2, 0.25) is 0 Å². The smallest absolute Gasteiger partial charge is 0.252 e. The van der Waals surface area contributed by atoms with Crippen LogP contribution in [0.3, 0.4) is 0 Å². The highest BCUT2D eigenvalue weighted by Gasteiger charge is 2.47. The summed E-state index contributed by atoms with van der Waals surface area (Å²) < 4.78 is 128. The summed E-state index contributed by atoms with van der Waals surface area (Å²) in [6, 6.07) is 60.0. The van der Waals surface area contributed by atoms with Crippen LogP contribution in [0.4, 0.5) is 34.1 Å². The summed E-state index contributed by atoms with van der Waals surface area (Å²) >= 11 is 0. The fourth-order valence-electron chi connectivity index (χ4n) is 18.2. The van der Waals surface area contributed by atoms with E-state index in [9.17, 15) is 16.4 Å². The van der Waals surface area contributed by atoms with E-state index >= 15 is 0 Å². The van der Waals surface area contributed by atoms with Crippen molar-refractivity contribution in [1.82, 2.24) is 4.57 Å². The van der Waals surface area contributed by atoms with Crippen LogP contribution in [0.5, 0.6) is 0 Å². The summed E-state index contributed by atoms with van der Waals surface area (Å²) in [6.07, 6.45) is 0. The highest BCUT2D eigenvalue weighted by Crippen LogP contribution is 2.58. The second-order valence-electron chi connectivity index (χ2n) is 45.1. The molecule has 0 bridgehead atoms. The Hall–Kier alpha value is -10.7. The fraction of sp³-hybridized carbons (Fsp3) is 0.339. The van der Waals surface area contributed by atoms with Gasteiger partial charge in [-0.3, -0.25) is 0 Å². The highest BCUT2D eigenvalue weighted by atomic mass is 15.2. The molecule has 0 radical (unpaired) electrons. The predicted molar refractivity (Wildman–Crippen MR) is 534 cm³/mol. The van der Waals surface area contributed by atoms with Crippen molar-refractivity contribution in [1.29, 1.82) is 0 Å². The molecular formula is C118H132BN3. The normalized spacial score (nSPS) is 15.3. The van der Waals surface area contributed by atoms with Gasteiger partial charge >= 0.3 is 0 Å². The average molecular weight is 1620 g/mol. The molecule has 0 saturated heterocycles. The molecule has 0 amide bonds. The number of aromatic nitrogens is 1. The first-order chi connectivity index (χ1) is 62.2. The van der Waals surface area contributed by atoms with Gasteiger partial charge in [0.15, 0.2) is 0 Å². The molecule has 0 unspecified atom stereocenters. The zero-order valence-electron chi connectivity index (χ0n) is 91.2. The Morgan fingerprint density at radius 1 is 0.230 bits per heavy atom. The lowest BCUT2D eigenvalue weighted by atomic mass is 9.33. The number of hydrogen-bond acceptors (Lipinski definition) is 2. The predicted octanol–water partition coefficient (Wildman–Crippen LogP) is 31.8. The Bertz CT molecular complexity index is 7140. The molecule has 4 heteroatoms. The van der Waals surface area contributed by atoms with E-state index in [4.69, 9.17) is 1.37 Å². The fourth-order valence-corrected chi connectivity index (χ4v) is 18.2. The molecule has 0 N–H and O–H groups in total. The molecule has 14 aromatic rings. The van der Waals surface area contributed by atoms with E-state index in [0.29, 0.717) is 22.6 Å². The van der Waals surface area contributed by atoms with Crippen LogP contribution in [0.2, 0.25) is 0 Å². The van der Waals surface area contributed by atoms with Crippen LogP contribution in [-0.4, -0.2) is 11.3 Å².